The van der Waals surface area contributed by atoms with E-state index in [0.29, 0.717) is 5.75 Å². The molecule has 0 aliphatic carbocycles. The van der Waals surface area contributed by atoms with E-state index in [0.717, 1.165) is 17.4 Å². The smallest absolute Gasteiger partial charge is 0.237 e. The Bertz CT molecular complexity index is 876. The predicted molar refractivity (Wildman–Crippen MR) is 109 cm³/mol. The minimum Gasteiger partial charge on any atom is -0.489 e. The van der Waals surface area contributed by atoms with Gasteiger partial charge in [0.05, 0.1) is 11.8 Å². The Morgan fingerprint density at radius 2 is 1.86 bits per heavy atom. The summed E-state index contributed by atoms with van der Waals surface area (Å²) in [6.07, 6.45) is 1.19. The molecular weight excluding hydrogens is 407 g/mol. The Hall–Kier alpha value is -2.16. The summed E-state index contributed by atoms with van der Waals surface area (Å²) in [5.41, 5.74) is 7.27. The van der Waals surface area contributed by atoms with Crippen molar-refractivity contribution in [2.75, 3.05) is 12.0 Å². The first-order valence-corrected chi connectivity index (χ1v) is 10.5. The molecule has 0 aromatic heterocycles. The molecule has 9 heteroatoms. The lowest BCUT2D eigenvalue weighted by Crippen LogP contribution is -2.41. The second-order valence-electron chi connectivity index (χ2n) is 6.31. The molecule has 0 bridgehead atoms. The highest BCUT2D eigenvalue weighted by atomic mass is 35.5. The van der Waals surface area contributed by atoms with Crippen LogP contribution in [0.2, 0.25) is 0 Å². The maximum absolute atomic E-state index is 13.1. The van der Waals surface area contributed by atoms with E-state index >= 15 is 0 Å². The van der Waals surface area contributed by atoms with Crippen LogP contribution in [0.5, 0.6) is 5.75 Å². The molecule has 2 rings (SSSR count). The summed E-state index contributed by atoms with van der Waals surface area (Å²) in [7, 11) is -3.15. The first kappa shape index (κ1) is 23.9. The number of ether oxygens (including phenoxy) is 1. The number of halogens is 2. The number of sulfone groups is 1. The summed E-state index contributed by atoms with van der Waals surface area (Å²) in [6.45, 7) is 0.526. The summed E-state index contributed by atoms with van der Waals surface area (Å²) < 4.78 is 41.0. The highest BCUT2D eigenvalue weighted by Crippen LogP contribution is 2.15. The number of carbonyl (C=O) groups is 1. The van der Waals surface area contributed by atoms with E-state index in [2.05, 4.69) is 5.32 Å². The van der Waals surface area contributed by atoms with E-state index in [1.165, 1.54) is 12.1 Å². The minimum atomic E-state index is -3.15. The zero-order chi connectivity index (χ0) is 19.9. The third-order valence-electron chi connectivity index (χ3n) is 3.82. The van der Waals surface area contributed by atoms with E-state index in [4.69, 9.17) is 10.5 Å². The van der Waals surface area contributed by atoms with Gasteiger partial charge in [-0.05, 0) is 41.8 Å². The van der Waals surface area contributed by atoms with Crippen molar-refractivity contribution >= 4 is 28.2 Å². The molecule has 0 spiro atoms. The van der Waals surface area contributed by atoms with Gasteiger partial charge >= 0.3 is 0 Å². The van der Waals surface area contributed by atoms with Gasteiger partial charge in [-0.25, -0.2) is 12.8 Å². The molecule has 2 aromatic carbocycles. The van der Waals surface area contributed by atoms with E-state index in [1.54, 1.807) is 36.4 Å². The number of rotatable bonds is 9. The van der Waals surface area contributed by atoms with Crippen LogP contribution in [0.4, 0.5) is 4.39 Å². The van der Waals surface area contributed by atoms with Crippen molar-refractivity contribution in [1.29, 1.82) is 0 Å². The molecule has 0 saturated carbocycles. The number of benzene rings is 2. The zero-order valence-electron chi connectivity index (χ0n) is 15.4. The summed E-state index contributed by atoms with van der Waals surface area (Å²) in [5, 5.41) is 2.68. The van der Waals surface area contributed by atoms with Crippen molar-refractivity contribution < 1.29 is 22.3 Å². The first-order chi connectivity index (χ1) is 12.7. The van der Waals surface area contributed by atoms with Gasteiger partial charge in [-0.2, -0.15) is 0 Å². The summed E-state index contributed by atoms with van der Waals surface area (Å²) in [6, 6.07) is 12.4. The van der Waals surface area contributed by atoms with Crippen LogP contribution in [0, 0.1) is 5.82 Å². The molecule has 28 heavy (non-hydrogen) atoms. The maximum Gasteiger partial charge on any atom is 0.237 e. The van der Waals surface area contributed by atoms with E-state index in [9.17, 15) is 17.6 Å². The van der Waals surface area contributed by atoms with Crippen molar-refractivity contribution in [1.82, 2.24) is 5.32 Å². The van der Waals surface area contributed by atoms with Crippen LogP contribution in [0.15, 0.2) is 48.5 Å². The molecule has 1 unspecified atom stereocenters. The van der Waals surface area contributed by atoms with Crippen LogP contribution in [-0.4, -0.2) is 32.4 Å². The first-order valence-electron chi connectivity index (χ1n) is 8.40. The van der Waals surface area contributed by atoms with Crippen LogP contribution >= 0.6 is 12.4 Å². The summed E-state index contributed by atoms with van der Waals surface area (Å²) >= 11 is 0. The SMILES string of the molecule is CS(=O)(=O)CCC(N)C(=O)NCc1ccc(OCc2cccc(F)c2)cc1.Cl. The summed E-state index contributed by atoms with van der Waals surface area (Å²) in [5.74, 6) is -0.208. The Balaban J connectivity index is 0.00000392. The van der Waals surface area contributed by atoms with Gasteiger partial charge < -0.3 is 15.8 Å². The van der Waals surface area contributed by atoms with Crippen LogP contribution in [0.3, 0.4) is 0 Å². The van der Waals surface area contributed by atoms with Gasteiger partial charge in [0.15, 0.2) is 0 Å². The van der Waals surface area contributed by atoms with E-state index < -0.39 is 21.8 Å². The van der Waals surface area contributed by atoms with Gasteiger partial charge in [0.1, 0.15) is 28.0 Å². The minimum absolute atomic E-state index is 0. The third-order valence-corrected chi connectivity index (χ3v) is 4.80. The van der Waals surface area contributed by atoms with E-state index in [1.807, 2.05) is 0 Å². The quantitative estimate of drug-likeness (QED) is 0.635. The number of carbonyl (C=O) groups excluding carboxylic acids is 1. The average Bonchev–Trinajstić information content (AvgIpc) is 2.62. The highest BCUT2D eigenvalue weighted by Gasteiger charge is 2.15. The number of nitrogens with one attached hydrogen (secondary N) is 1. The molecule has 2 aromatic rings. The molecule has 0 radical (unpaired) electrons. The lowest BCUT2D eigenvalue weighted by atomic mass is 10.2. The molecule has 3 N–H and O–H groups in total. The second-order valence-corrected chi connectivity index (χ2v) is 8.57. The average molecular weight is 431 g/mol. The Kier molecular flexibility index (Phi) is 9.37. The molecule has 1 atom stereocenters. The Morgan fingerprint density at radius 1 is 1.18 bits per heavy atom. The fraction of sp³-hybridized carbons (Fsp3) is 0.316. The van der Waals surface area contributed by atoms with Crippen molar-refractivity contribution in [3.05, 3.63) is 65.5 Å². The molecular formula is C19H24ClFN2O4S. The second kappa shape index (κ2) is 11.0. The zero-order valence-corrected chi connectivity index (χ0v) is 17.1. The Labute approximate surface area is 170 Å². The predicted octanol–water partition coefficient (Wildman–Crippen LogP) is 2.20. The lowest BCUT2D eigenvalue weighted by molar-refractivity contribution is -0.122. The lowest BCUT2D eigenvalue weighted by Gasteiger charge is -2.12. The van der Waals surface area contributed by atoms with Gasteiger partial charge in [-0.3, -0.25) is 4.79 Å². The molecule has 0 heterocycles. The van der Waals surface area contributed by atoms with Crippen LogP contribution in [0.1, 0.15) is 17.5 Å². The molecule has 0 fully saturated rings. The van der Waals surface area contributed by atoms with Crippen LogP contribution in [-0.2, 0) is 27.8 Å². The number of nitrogens with two attached hydrogens (primary N) is 1. The maximum atomic E-state index is 13.1. The van der Waals surface area contributed by atoms with Crippen LogP contribution < -0.4 is 15.8 Å². The number of hydrogen-bond donors (Lipinski definition) is 2. The van der Waals surface area contributed by atoms with Crippen molar-refractivity contribution in [2.24, 2.45) is 5.73 Å². The molecule has 6 nitrogen and oxygen atoms in total. The fourth-order valence-corrected chi connectivity index (χ4v) is 2.97. The topological polar surface area (TPSA) is 98.5 Å². The highest BCUT2D eigenvalue weighted by molar-refractivity contribution is 7.90. The standard InChI is InChI=1S/C19H23FN2O4S.ClH/c1-27(24,25)10-9-18(21)19(23)22-12-14-5-7-17(8-6-14)26-13-15-3-2-4-16(20)11-15;/h2-8,11,18H,9-10,12-13,21H2,1H3,(H,22,23);1H. The third kappa shape index (κ3) is 8.69. The van der Waals surface area contributed by atoms with Crippen molar-refractivity contribution in [2.45, 2.75) is 25.6 Å². The molecule has 0 aliphatic heterocycles. The van der Waals surface area contributed by atoms with Crippen LogP contribution in [0.25, 0.3) is 0 Å². The van der Waals surface area contributed by atoms with Gasteiger partial charge in [0.25, 0.3) is 0 Å². The van der Waals surface area contributed by atoms with Gasteiger partial charge in [0, 0.05) is 12.8 Å². The number of amides is 1. The Morgan fingerprint density at radius 3 is 2.46 bits per heavy atom. The normalized spacial score (nSPS) is 12.0. The molecule has 154 valence electrons. The van der Waals surface area contributed by atoms with Crippen molar-refractivity contribution in [3.8, 4) is 5.75 Å². The fourth-order valence-electron chi connectivity index (χ4n) is 2.29. The van der Waals surface area contributed by atoms with Gasteiger partial charge in [-0.1, -0.05) is 24.3 Å². The molecule has 1 amide bonds. The van der Waals surface area contributed by atoms with Gasteiger partial charge in [-0.15, -0.1) is 12.4 Å². The molecule has 0 aliphatic rings. The largest absolute Gasteiger partial charge is 0.489 e. The van der Waals surface area contributed by atoms with Crippen molar-refractivity contribution in [3.63, 3.8) is 0 Å². The van der Waals surface area contributed by atoms with E-state index in [-0.39, 0.29) is 43.5 Å². The molecule has 0 saturated heterocycles. The monoisotopic (exact) mass is 430 g/mol. The van der Waals surface area contributed by atoms with Gasteiger partial charge in [0.2, 0.25) is 5.91 Å². The summed E-state index contributed by atoms with van der Waals surface area (Å²) in [4.78, 5) is 11.9. The number of hydrogen-bond acceptors (Lipinski definition) is 5.